The van der Waals surface area contributed by atoms with Gasteiger partial charge in [-0.25, -0.2) is 4.39 Å². The SMILES string of the molecule is NC(Cc1ccc(Br)cc1Cl)c1ccccc1F. The maximum atomic E-state index is 13.6. The molecule has 2 N–H and O–H groups in total. The van der Waals surface area contributed by atoms with Crippen LogP contribution in [0.1, 0.15) is 17.2 Å². The molecule has 0 spiro atoms. The van der Waals surface area contributed by atoms with Gasteiger partial charge < -0.3 is 5.73 Å². The van der Waals surface area contributed by atoms with E-state index >= 15 is 0 Å². The molecule has 0 heterocycles. The number of hydrogen-bond acceptors (Lipinski definition) is 1. The third-order valence-corrected chi connectivity index (χ3v) is 3.60. The van der Waals surface area contributed by atoms with E-state index in [0.29, 0.717) is 17.0 Å². The second-order valence-corrected chi connectivity index (χ2v) is 5.39. The highest BCUT2D eigenvalue weighted by Crippen LogP contribution is 2.26. The van der Waals surface area contributed by atoms with Gasteiger partial charge in [0.1, 0.15) is 5.82 Å². The molecule has 0 aliphatic rings. The first-order valence-corrected chi connectivity index (χ1v) is 6.69. The van der Waals surface area contributed by atoms with E-state index in [2.05, 4.69) is 15.9 Å². The van der Waals surface area contributed by atoms with E-state index in [1.807, 2.05) is 18.2 Å². The van der Waals surface area contributed by atoms with Gasteiger partial charge in [0.15, 0.2) is 0 Å². The Morgan fingerprint density at radius 1 is 1.22 bits per heavy atom. The number of benzene rings is 2. The van der Waals surface area contributed by atoms with Crippen molar-refractivity contribution in [2.75, 3.05) is 0 Å². The fourth-order valence-electron chi connectivity index (χ4n) is 1.81. The van der Waals surface area contributed by atoms with E-state index in [9.17, 15) is 4.39 Å². The zero-order valence-electron chi connectivity index (χ0n) is 9.54. The van der Waals surface area contributed by atoms with Gasteiger partial charge in [0.2, 0.25) is 0 Å². The minimum absolute atomic E-state index is 0.279. The molecule has 4 heteroatoms. The summed E-state index contributed by atoms with van der Waals surface area (Å²) in [4.78, 5) is 0. The van der Waals surface area contributed by atoms with E-state index < -0.39 is 6.04 Å². The van der Waals surface area contributed by atoms with Crippen LogP contribution in [0, 0.1) is 5.82 Å². The number of halogens is 3. The smallest absolute Gasteiger partial charge is 0.127 e. The van der Waals surface area contributed by atoms with Gasteiger partial charge in [-0.2, -0.15) is 0 Å². The molecule has 2 aromatic rings. The number of rotatable bonds is 3. The van der Waals surface area contributed by atoms with Crippen LogP contribution >= 0.6 is 27.5 Å². The predicted octanol–water partition coefficient (Wildman–Crippen LogP) is 4.48. The van der Waals surface area contributed by atoms with Gasteiger partial charge in [-0.05, 0) is 30.2 Å². The van der Waals surface area contributed by atoms with Crippen LogP contribution in [0.3, 0.4) is 0 Å². The molecule has 0 aliphatic heterocycles. The van der Waals surface area contributed by atoms with Gasteiger partial charge in [0.25, 0.3) is 0 Å². The van der Waals surface area contributed by atoms with E-state index in [0.717, 1.165) is 10.0 Å². The monoisotopic (exact) mass is 327 g/mol. The molecule has 0 radical (unpaired) electrons. The van der Waals surface area contributed by atoms with Crippen molar-refractivity contribution in [1.82, 2.24) is 0 Å². The zero-order valence-corrected chi connectivity index (χ0v) is 11.9. The normalized spacial score (nSPS) is 12.4. The Morgan fingerprint density at radius 3 is 2.61 bits per heavy atom. The summed E-state index contributed by atoms with van der Waals surface area (Å²) < 4.78 is 14.5. The van der Waals surface area contributed by atoms with Crippen molar-refractivity contribution < 1.29 is 4.39 Å². The molecule has 1 unspecified atom stereocenters. The van der Waals surface area contributed by atoms with Crippen LogP contribution in [0.15, 0.2) is 46.9 Å². The summed E-state index contributed by atoms with van der Waals surface area (Å²) in [6.07, 6.45) is 0.507. The Kier molecular flexibility index (Phi) is 4.38. The lowest BCUT2D eigenvalue weighted by molar-refractivity contribution is 0.580. The van der Waals surface area contributed by atoms with Gasteiger partial charge in [0.05, 0.1) is 0 Å². The Labute approximate surface area is 119 Å². The largest absolute Gasteiger partial charge is 0.324 e. The predicted molar refractivity (Wildman–Crippen MR) is 76.2 cm³/mol. The van der Waals surface area contributed by atoms with Crippen LogP contribution in [-0.2, 0) is 6.42 Å². The molecule has 18 heavy (non-hydrogen) atoms. The standard InChI is InChI=1S/C14H12BrClFN/c15-10-6-5-9(12(16)8-10)7-14(18)11-3-1-2-4-13(11)17/h1-6,8,14H,7,18H2. The van der Waals surface area contributed by atoms with Gasteiger partial charge in [0, 0.05) is 21.1 Å². The van der Waals surface area contributed by atoms with Crippen LogP contribution in [0.25, 0.3) is 0 Å². The van der Waals surface area contributed by atoms with Crippen LogP contribution in [-0.4, -0.2) is 0 Å². The fraction of sp³-hybridized carbons (Fsp3) is 0.143. The summed E-state index contributed by atoms with van der Waals surface area (Å²) in [5, 5.41) is 0.635. The van der Waals surface area contributed by atoms with Crippen LogP contribution < -0.4 is 5.73 Å². The van der Waals surface area contributed by atoms with Gasteiger partial charge in [-0.15, -0.1) is 0 Å². The highest BCUT2D eigenvalue weighted by molar-refractivity contribution is 9.10. The topological polar surface area (TPSA) is 26.0 Å². The summed E-state index contributed by atoms with van der Waals surface area (Å²) in [6.45, 7) is 0. The average Bonchev–Trinajstić information content (AvgIpc) is 2.33. The Morgan fingerprint density at radius 2 is 1.94 bits per heavy atom. The second-order valence-electron chi connectivity index (χ2n) is 4.07. The van der Waals surface area contributed by atoms with Crippen molar-refractivity contribution in [2.45, 2.75) is 12.5 Å². The molecule has 94 valence electrons. The first kappa shape index (κ1) is 13.5. The second kappa shape index (κ2) is 5.83. The maximum absolute atomic E-state index is 13.6. The Hall–Kier alpha value is -0.900. The fourth-order valence-corrected chi connectivity index (χ4v) is 2.56. The first-order valence-electron chi connectivity index (χ1n) is 5.52. The molecule has 0 fully saturated rings. The Balaban J connectivity index is 2.21. The lowest BCUT2D eigenvalue weighted by Gasteiger charge is -2.14. The minimum Gasteiger partial charge on any atom is -0.324 e. The summed E-state index contributed by atoms with van der Waals surface area (Å²) >= 11 is 9.46. The highest BCUT2D eigenvalue weighted by atomic mass is 79.9. The first-order chi connectivity index (χ1) is 8.58. The summed E-state index contributed by atoms with van der Waals surface area (Å²) in [5.41, 5.74) is 7.45. The van der Waals surface area contributed by atoms with Crippen molar-refractivity contribution in [3.63, 3.8) is 0 Å². The van der Waals surface area contributed by atoms with E-state index in [4.69, 9.17) is 17.3 Å². The molecule has 0 aliphatic carbocycles. The van der Waals surface area contributed by atoms with Crippen LogP contribution in [0.5, 0.6) is 0 Å². The Bertz CT molecular complexity index is 559. The van der Waals surface area contributed by atoms with E-state index in [1.165, 1.54) is 6.07 Å². The summed E-state index contributed by atoms with van der Waals surface area (Å²) in [6, 6.07) is 11.8. The maximum Gasteiger partial charge on any atom is 0.127 e. The molecule has 1 nitrogen and oxygen atoms in total. The molecular weight excluding hydrogens is 317 g/mol. The van der Waals surface area contributed by atoms with Crippen LogP contribution in [0.4, 0.5) is 4.39 Å². The zero-order chi connectivity index (χ0) is 13.1. The van der Waals surface area contributed by atoms with E-state index in [-0.39, 0.29) is 5.82 Å². The third-order valence-electron chi connectivity index (χ3n) is 2.76. The van der Waals surface area contributed by atoms with Crippen molar-refractivity contribution >= 4 is 27.5 Å². The molecule has 0 aromatic heterocycles. The molecule has 0 bridgehead atoms. The highest BCUT2D eigenvalue weighted by Gasteiger charge is 2.13. The van der Waals surface area contributed by atoms with Gasteiger partial charge in [-0.3, -0.25) is 0 Å². The number of hydrogen-bond donors (Lipinski definition) is 1. The molecular formula is C14H12BrClFN. The molecule has 0 saturated heterocycles. The summed E-state index contributed by atoms with van der Waals surface area (Å²) in [7, 11) is 0. The molecule has 0 saturated carbocycles. The quantitative estimate of drug-likeness (QED) is 0.883. The van der Waals surface area contributed by atoms with Crippen molar-refractivity contribution in [3.05, 3.63) is 68.9 Å². The minimum atomic E-state index is -0.398. The van der Waals surface area contributed by atoms with Crippen molar-refractivity contribution in [2.24, 2.45) is 5.73 Å². The van der Waals surface area contributed by atoms with Crippen molar-refractivity contribution in [3.8, 4) is 0 Å². The lowest BCUT2D eigenvalue weighted by Crippen LogP contribution is -2.15. The summed E-state index contributed by atoms with van der Waals surface area (Å²) in [5.74, 6) is -0.279. The average molecular weight is 329 g/mol. The van der Waals surface area contributed by atoms with Crippen LogP contribution in [0.2, 0.25) is 5.02 Å². The molecule has 2 rings (SSSR count). The van der Waals surface area contributed by atoms with Crippen molar-refractivity contribution in [1.29, 1.82) is 0 Å². The molecule has 0 amide bonds. The van der Waals surface area contributed by atoms with E-state index in [1.54, 1.807) is 18.2 Å². The number of nitrogens with two attached hydrogens (primary N) is 1. The van der Waals surface area contributed by atoms with Gasteiger partial charge in [-0.1, -0.05) is 51.8 Å². The molecule has 2 aromatic carbocycles. The van der Waals surface area contributed by atoms with Gasteiger partial charge >= 0.3 is 0 Å². The molecule has 1 atom stereocenters. The lowest BCUT2D eigenvalue weighted by atomic mass is 9.99. The third kappa shape index (κ3) is 3.10.